The molecule has 2 aliphatic rings. The largest absolute Gasteiger partial charge is 0.493 e. The van der Waals surface area contributed by atoms with E-state index in [1.165, 1.54) is 0 Å². The average molecular weight is 286 g/mol. The smallest absolute Gasteiger partial charge is 0.161 e. The molecule has 3 rings (SSSR count). The fourth-order valence-electron chi connectivity index (χ4n) is 3.33. The highest BCUT2D eigenvalue weighted by molar-refractivity contribution is 5.52. The van der Waals surface area contributed by atoms with E-state index in [2.05, 4.69) is 12.6 Å². The second kappa shape index (κ2) is 4.68. The quantitative estimate of drug-likeness (QED) is 0.835. The fourth-order valence-corrected chi connectivity index (χ4v) is 3.33. The van der Waals surface area contributed by atoms with Gasteiger partial charge in [0.2, 0.25) is 0 Å². The molecule has 0 aliphatic carbocycles. The lowest BCUT2D eigenvalue weighted by Crippen LogP contribution is -2.46. The van der Waals surface area contributed by atoms with Crippen molar-refractivity contribution in [3.63, 3.8) is 0 Å². The van der Waals surface area contributed by atoms with Crippen LogP contribution in [0.2, 0.25) is 0 Å². The van der Waals surface area contributed by atoms with E-state index in [0.29, 0.717) is 17.3 Å². The van der Waals surface area contributed by atoms with Crippen LogP contribution in [0, 0.1) is 17.2 Å². The number of rotatable bonds is 2. The molecule has 5 nitrogen and oxygen atoms in total. The van der Waals surface area contributed by atoms with Crippen molar-refractivity contribution in [2.75, 3.05) is 20.8 Å². The van der Waals surface area contributed by atoms with Crippen LogP contribution in [0.25, 0.3) is 0 Å². The van der Waals surface area contributed by atoms with Crippen molar-refractivity contribution in [3.8, 4) is 17.6 Å². The van der Waals surface area contributed by atoms with E-state index < -0.39 is 11.5 Å². The van der Waals surface area contributed by atoms with Gasteiger partial charge in [-0.05, 0) is 36.6 Å². The lowest BCUT2D eigenvalue weighted by atomic mass is 9.75. The predicted octanol–water partition coefficient (Wildman–Crippen LogP) is 2.38. The van der Waals surface area contributed by atoms with Crippen molar-refractivity contribution in [1.82, 2.24) is 5.06 Å². The predicted molar refractivity (Wildman–Crippen MR) is 76.6 cm³/mol. The molecule has 1 aromatic rings. The van der Waals surface area contributed by atoms with Crippen molar-refractivity contribution in [1.29, 1.82) is 5.26 Å². The van der Waals surface area contributed by atoms with Gasteiger partial charge in [-0.15, -0.1) is 5.06 Å². The minimum Gasteiger partial charge on any atom is -0.493 e. The lowest BCUT2D eigenvalue weighted by Gasteiger charge is -2.39. The molecule has 0 bridgehead atoms. The number of hydrogen-bond donors (Lipinski definition) is 0. The van der Waals surface area contributed by atoms with Gasteiger partial charge in [-0.1, -0.05) is 6.58 Å². The van der Waals surface area contributed by atoms with Gasteiger partial charge in [-0.2, -0.15) is 5.26 Å². The second-order valence-electron chi connectivity index (χ2n) is 5.48. The Morgan fingerprint density at radius 2 is 2.05 bits per heavy atom. The SMILES string of the molecule is C=C1ON2CCc3cc(OC)c(OC)cc3C2(C)C1C#N. The summed E-state index contributed by atoms with van der Waals surface area (Å²) < 4.78 is 10.8. The van der Waals surface area contributed by atoms with Crippen LogP contribution >= 0.6 is 0 Å². The second-order valence-corrected chi connectivity index (χ2v) is 5.48. The molecular weight excluding hydrogens is 268 g/mol. The number of benzene rings is 1. The highest BCUT2D eigenvalue weighted by atomic mass is 16.7. The van der Waals surface area contributed by atoms with E-state index in [0.717, 1.165) is 24.1 Å². The molecule has 0 saturated carbocycles. The number of hydrogen-bond acceptors (Lipinski definition) is 5. The van der Waals surface area contributed by atoms with Crippen LogP contribution in [0.3, 0.4) is 0 Å². The first-order valence-electron chi connectivity index (χ1n) is 6.85. The normalized spacial score (nSPS) is 27.3. The summed E-state index contributed by atoms with van der Waals surface area (Å²) in [5.41, 5.74) is 1.65. The molecule has 0 spiro atoms. The highest BCUT2D eigenvalue weighted by Gasteiger charge is 2.54. The first-order valence-corrected chi connectivity index (χ1v) is 6.85. The third kappa shape index (κ3) is 1.72. The van der Waals surface area contributed by atoms with Gasteiger partial charge in [0.05, 0.1) is 20.3 Å². The molecule has 2 unspecified atom stereocenters. The van der Waals surface area contributed by atoms with Crippen molar-refractivity contribution < 1.29 is 14.3 Å². The maximum atomic E-state index is 9.52. The van der Waals surface area contributed by atoms with Crippen molar-refractivity contribution >= 4 is 0 Å². The Bertz CT molecular complexity index is 650. The van der Waals surface area contributed by atoms with Gasteiger partial charge >= 0.3 is 0 Å². The third-order valence-electron chi connectivity index (χ3n) is 4.50. The van der Waals surface area contributed by atoms with Crippen molar-refractivity contribution in [2.45, 2.75) is 18.9 Å². The monoisotopic (exact) mass is 286 g/mol. The Labute approximate surface area is 124 Å². The van der Waals surface area contributed by atoms with Gasteiger partial charge < -0.3 is 14.3 Å². The van der Waals surface area contributed by atoms with Gasteiger partial charge in [0.1, 0.15) is 17.2 Å². The van der Waals surface area contributed by atoms with Gasteiger partial charge in [-0.25, -0.2) is 0 Å². The minimum absolute atomic E-state index is 0.408. The summed E-state index contributed by atoms with van der Waals surface area (Å²) in [5.74, 6) is 1.46. The third-order valence-corrected chi connectivity index (χ3v) is 4.50. The maximum Gasteiger partial charge on any atom is 0.161 e. The highest BCUT2D eigenvalue weighted by Crippen LogP contribution is 2.51. The Morgan fingerprint density at radius 3 is 2.67 bits per heavy atom. The van der Waals surface area contributed by atoms with Gasteiger partial charge in [0, 0.05) is 6.54 Å². The molecule has 2 atom stereocenters. The average Bonchev–Trinajstić information content (AvgIpc) is 2.75. The number of nitriles is 1. The lowest BCUT2D eigenvalue weighted by molar-refractivity contribution is -0.148. The van der Waals surface area contributed by atoms with Crippen LogP contribution in [0.4, 0.5) is 0 Å². The van der Waals surface area contributed by atoms with Crippen LogP contribution < -0.4 is 9.47 Å². The summed E-state index contributed by atoms with van der Waals surface area (Å²) in [4.78, 5) is 5.70. The van der Waals surface area contributed by atoms with Crippen LogP contribution in [0.5, 0.6) is 11.5 Å². The molecular formula is C16H18N2O3. The molecule has 5 heteroatoms. The van der Waals surface area contributed by atoms with Crippen molar-refractivity contribution in [2.24, 2.45) is 5.92 Å². The summed E-state index contributed by atoms with van der Waals surface area (Å²) in [6.07, 6.45) is 0.830. The molecule has 1 fully saturated rings. The zero-order valence-electron chi connectivity index (χ0n) is 12.5. The standard InChI is InChI=1S/C16H18N2O3/c1-10-13(9-17)16(2)12-8-15(20-4)14(19-3)7-11(12)5-6-18(16)21-10/h7-8,13H,1,5-6H2,2-4H3. The van der Waals surface area contributed by atoms with E-state index in [-0.39, 0.29) is 0 Å². The molecule has 110 valence electrons. The molecule has 0 aromatic heterocycles. The molecule has 2 aliphatic heterocycles. The van der Waals surface area contributed by atoms with Crippen LogP contribution in [0.1, 0.15) is 18.1 Å². The molecule has 0 N–H and O–H groups in total. The molecule has 1 aromatic carbocycles. The molecule has 0 radical (unpaired) electrons. The Morgan fingerprint density at radius 1 is 1.38 bits per heavy atom. The number of ether oxygens (including phenoxy) is 2. The molecule has 1 saturated heterocycles. The summed E-state index contributed by atoms with van der Waals surface area (Å²) in [6.45, 7) is 6.62. The van der Waals surface area contributed by atoms with Crippen molar-refractivity contribution in [3.05, 3.63) is 35.6 Å². The van der Waals surface area contributed by atoms with E-state index in [1.54, 1.807) is 14.2 Å². The van der Waals surface area contributed by atoms with Crippen LogP contribution in [-0.2, 0) is 16.8 Å². The van der Waals surface area contributed by atoms with Crippen LogP contribution in [0.15, 0.2) is 24.5 Å². The summed E-state index contributed by atoms with van der Waals surface area (Å²) in [5, 5.41) is 11.4. The number of nitrogens with zero attached hydrogens (tertiary/aromatic N) is 2. The maximum absolute atomic E-state index is 9.52. The Hall–Kier alpha value is -2.19. The zero-order valence-corrected chi connectivity index (χ0v) is 12.5. The molecule has 0 amide bonds. The van der Waals surface area contributed by atoms with E-state index in [1.807, 2.05) is 24.1 Å². The molecule has 21 heavy (non-hydrogen) atoms. The van der Waals surface area contributed by atoms with E-state index >= 15 is 0 Å². The van der Waals surface area contributed by atoms with E-state index in [4.69, 9.17) is 14.3 Å². The summed E-state index contributed by atoms with van der Waals surface area (Å²) in [6, 6.07) is 6.27. The van der Waals surface area contributed by atoms with Gasteiger partial charge in [0.15, 0.2) is 11.5 Å². The first kappa shape index (κ1) is 13.8. The number of hydroxylamine groups is 2. The Balaban J connectivity index is 2.21. The fraction of sp³-hybridized carbons (Fsp3) is 0.438. The Kier molecular flexibility index (Phi) is 3.07. The first-order chi connectivity index (χ1) is 10.1. The topological polar surface area (TPSA) is 54.7 Å². The molecule has 2 heterocycles. The van der Waals surface area contributed by atoms with Crippen LogP contribution in [-0.4, -0.2) is 25.8 Å². The van der Waals surface area contributed by atoms with E-state index in [9.17, 15) is 5.26 Å². The van der Waals surface area contributed by atoms with Gasteiger partial charge in [-0.3, -0.25) is 0 Å². The number of methoxy groups -OCH3 is 2. The zero-order chi connectivity index (χ0) is 15.2. The minimum atomic E-state index is -0.543. The number of fused-ring (bicyclic) bond motifs is 3. The summed E-state index contributed by atoms with van der Waals surface area (Å²) in [7, 11) is 3.23. The van der Waals surface area contributed by atoms with Gasteiger partial charge in [0.25, 0.3) is 0 Å². The summed E-state index contributed by atoms with van der Waals surface area (Å²) >= 11 is 0.